The standard InChI is InChI=1S/C12H10ClIN2O3/c1-2-5-16(7-11(17)18)12(19)15-10-4-3-8(14)6-9(10)13/h1,3-4,6H,5,7H2,(H,15,19)(H,17,18). The molecule has 19 heavy (non-hydrogen) atoms. The number of carbonyl (C=O) groups excluding carboxylic acids is 1. The van der Waals surface area contributed by atoms with Crippen LogP contribution in [0.15, 0.2) is 18.2 Å². The van der Waals surface area contributed by atoms with Crippen LogP contribution in [0.4, 0.5) is 10.5 Å². The van der Waals surface area contributed by atoms with Gasteiger partial charge in [-0.15, -0.1) is 6.42 Å². The van der Waals surface area contributed by atoms with Crippen molar-refractivity contribution in [3.05, 3.63) is 26.8 Å². The Kier molecular flexibility index (Phi) is 5.92. The molecule has 0 fully saturated rings. The molecule has 0 spiro atoms. The van der Waals surface area contributed by atoms with Gasteiger partial charge in [0.15, 0.2) is 0 Å². The highest BCUT2D eigenvalue weighted by Crippen LogP contribution is 2.24. The Morgan fingerprint density at radius 1 is 1.53 bits per heavy atom. The van der Waals surface area contributed by atoms with E-state index in [-0.39, 0.29) is 6.54 Å². The number of hydrogen-bond acceptors (Lipinski definition) is 2. The molecule has 0 bridgehead atoms. The second-order valence-corrected chi connectivity index (χ2v) is 5.16. The number of anilines is 1. The van der Waals surface area contributed by atoms with Crippen molar-refractivity contribution >= 4 is 51.9 Å². The van der Waals surface area contributed by atoms with Crippen molar-refractivity contribution < 1.29 is 14.7 Å². The van der Waals surface area contributed by atoms with E-state index in [4.69, 9.17) is 23.1 Å². The molecule has 1 rings (SSSR count). The van der Waals surface area contributed by atoms with E-state index in [1.54, 1.807) is 18.2 Å². The molecule has 0 aliphatic heterocycles. The van der Waals surface area contributed by atoms with Gasteiger partial charge in [-0.05, 0) is 40.8 Å². The van der Waals surface area contributed by atoms with Crippen LogP contribution >= 0.6 is 34.2 Å². The lowest BCUT2D eigenvalue weighted by Gasteiger charge is -2.19. The molecule has 5 nitrogen and oxygen atoms in total. The minimum Gasteiger partial charge on any atom is -0.480 e. The quantitative estimate of drug-likeness (QED) is 0.611. The number of nitrogens with zero attached hydrogens (tertiary/aromatic N) is 1. The molecule has 0 aliphatic rings. The van der Waals surface area contributed by atoms with Crippen molar-refractivity contribution in [2.75, 3.05) is 18.4 Å². The highest BCUT2D eigenvalue weighted by Gasteiger charge is 2.16. The average molecular weight is 393 g/mol. The molecule has 0 heterocycles. The summed E-state index contributed by atoms with van der Waals surface area (Å²) in [6.45, 7) is -0.571. The zero-order valence-corrected chi connectivity index (χ0v) is 12.6. The van der Waals surface area contributed by atoms with Crippen LogP contribution in [0.25, 0.3) is 0 Å². The molecule has 2 N–H and O–H groups in total. The summed E-state index contributed by atoms with van der Waals surface area (Å²) in [6.07, 6.45) is 5.09. The summed E-state index contributed by atoms with van der Waals surface area (Å²) in [4.78, 5) is 23.5. The van der Waals surface area contributed by atoms with E-state index in [1.165, 1.54) is 0 Å². The lowest BCUT2D eigenvalue weighted by Crippen LogP contribution is -2.39. The first-order chi connectivity index (χ1) is 8.93. The van der Waals surface area contributed by atoms with Gasteiger partial charge in [-0.1, -0.05) is 17.5 Å². The number of nitrogens with one attached hydrogen (secondary N) is 1. The molecule has 0 unspecified atom stereocenters. The number of terminal acetylenes is 1. The third-order valence-corrected chi connectivity index (χ3v) is 3.05. The Labute approximate surface area is 129 Å². The fourth-order valence-electron chi connectivity index (χ4n) is 1.26. The number of amides is 2. The third-order valence-electron chi connectivity index (χ3n) is 2.07. The van der Waals surface area contributed by atoms with Gasteiger partial charge in [-0.25, -0.2) is 4.79 Å². The Morgan fingerprint density at radius 3 is 2.74 bits per heavy atom. The van der Waals surface area contributed by atoms with E-state index < -0.39 is 18.5 Å². The minimum atomic E-state index is -1.14. The number of carbonyl (C=O) groups is 2. The van der Waals surface area contributed by atoms with Gasteiger partial charge in [0.2, 0.25) is 0 Å². The normalized spacial score (nSPS) is 9.53. The summed E-state index contributed by atoms with van der Waals surface area (Å²) in [5.74, 6) is 1.09. The maximum absolute atomic E-state index is 11.9. The molecule has 100 valence electrons. The van der Waals surface area contributed by atoms with Crippen LogP contribution in [0.1, 0.15) is 0 Å². The van der Waals surface area contributed by atoms with E-state index in [1.807, 2.05) is 0 Å². The predicted octanol–water partition coefficient (Wildman–Crippen LogP) is 2.50. The maximum Gasteiger partial charge on any atom is 0.323 e. The van der Waals surface area contributed by atoms with E-state index in [2.05, 4.69) is 33.8 Å². The summed E-state index contributed by atoms with van der Waals surface area (Å²) in [6, 6.07) is 4.48. The molecule has 7 heteroatoms. The summed E-state index contributed by atoms with van der Waals surface area (Å²) >= 11 is 8.05. The molecule has 1 aromatic rings. The van der Waals surface area contributed by atoms with E-state index in [9.17, 15) is 9.59 Å². The van der Waals surface area contributed by atoms with E-state index in [0.717, 1.165) is 8.47 Å². The van der Waals surface area contributed by atoms with Crippen LogP contribution in [0, 0.1) is 15.9 Å². The average Bonchev–Trinajstić information content (AvgIpc) is 2.31. The van der Waals surface area contributed by atoms with Gasteiger partial charge >= 0.3 is 12.0 Å². The van der Waals surface area contributed by atoms with Crippen LogP contribution < -0.4 is 5.32 Å². The topological polar surface area (TPSA) is 69.6 Å². The van der Waals surface area contributed by atoms with Crippen LogP contribution in [0.5, 0.6) is 0 Å². The number of rotatable bonds is 4. The molecule has 0 aliphatic carbocycles. The summed E-state index contributed by atoms with van der Waals surface area (Å²) < 4.78 is 0.923. The largest absolute Gasteiger partial charge is 0.480 e. The Hall–Kier alpha value is -1.46. The maximum atomic E-state index is 11.9. The smallest absolute Gasteiger partial charge is 0.323 e. The number of carboxylic acid groups (broad SMARTS) is 1. The van der Waals surface area contributed by atoms with Gasteiger partial charge in [0, 0.05) is 3.57 Å². The monoisotopic (exact) mass is 392 g/mol. The molecule has 0 aromatic heterocycles. The highest BCUT2D eigenvalue weighted by molar-refractivity contribution is 14.1. The fraction of sp³-hybridized carbons (Fsp3) is 0.167. The lowest BCUT2D eigenvalue weighted by molar-refractivity contribution is -0.137. The van der Waals surface area contributed by atoms with Gasteiger partial charge in [-0.3, -0.25) is 4.79 Å². The van der Waals surface area contributed by atoms with E-state index in [0.29, 0.717) is 10.7 Å². The fourth-order valence-corrected chi connectivity index (χ4v) is 2.16. The second kappa shape index (κ2) is 7.21. The van der Waals surface area contributed by atoms with Gasteiger partial charge < -0.3 is 15.3 Å². The SMILES string of the molecule is C#CCN(CC(=O)O)C(=O)Nc1ccc(I)cc1Cl. The third kappa shape index (κ3) is 4.96. The van der Waals surface area contributed by atoms with Crippen LogP contribution in [-0.2, 0) is 4.79 Å². The lowest BCUT2D eigenvalue weighted by atomic mass is 10.3. The molecular formula is C12H10ClIN2O3. The molecular weight excluding hydrogens is 382 g/mol. The van der Waals surface area contributed by atoms with Crippen LogP contribution in [0.3, 0.4) is 0 Å². The number of aliphatic carboxylic acids is 1. The van der Waals surface area contributed by atoms with Crippen LogP contribution in [-0.4, -0.2) is 35.1 Å². The van der Waals surface area contributed by atoms with Crippen molar-refractivity contribution in [1.29, 1.82) is 0 Å². The van der Waals surface area contributed by atoms with Gasteiger partial charge in [0.1, 0.15) is 6.54 Å². The molecule has 0 saturated carbocycles. The number of hydrogen-bond donors (Lipinski definition) is 2. The van der Waals surface area contributed by atoms with Crippen molar-refractivity contribution in [3.63, 3.8) is 0 Å². The molecule has 2 amide bonds. The van der Waals surface area contributed by atoms with Crippen molar-refractivity contribution in [2.45, 2.75) is 0 Å². The second-order valence-electron chi connectivity index (χ2n) is 3.51. The van der Waals surface area contributed by atoms with Crippen LogP contribution in [0.2, 0.25) is 5.02 Å². The van der Waals surface area contributed by atoms with Gasteiger partial charge in [0.05, 0.1) is 17.3 Å². The molecule has 0 saturated heterocycles. The first kappa shape index (κ1) is 15.6. The Bertz CT molecular complexity index is 542. The first-order valence-corrected chi connectivity index (χ1v) is 6.56. The molecule has 0 radical (unpaired) electrons. The zero-order chi connectivity index (χ0) is 14.4. The summed E-state index contributed by atoms with van der Waals surface area (Å²) in [7, 11) is 0. The Morgan fingerprint density at radius 2 is 2.21 bits per heavy atom. The van der Waals surface area contributed by atoms with Gasteiger partial charge in [-0.2, -0.15) is 0 Å². The number of benzene rings is 1. The summed E-state index contributed by atoms with van der Waals surface area (Å²) in [5.41, 5.74) is 0.402. The van der Waals surface area contributed by atoms with Crippen molar-refractivity contribution in [3.8, 4) is 12.3 Å². The first-order valence-electron chi connectivity index (χ1n) is 5.10. The predicted molar refractivity (Wildman–Crippen MR) is 81.2 cm³/mol. The highest BCUT2D eigenvalue weighted by atomic mass is 127. The number of urea groups is 1. The summed E-state index contributed by atoms with van der Waals surface area (Å²) in [5, 5.41) is 11.6. The van der Waals surface area contributed by atoms with Gasteiger partial charge in [0.25, 0.3) is 0 Å². The van der Waals surface area contributed by atoms with Crippen molar-refractivity contribution in [1.82, 2.24) is 4.90 Å². The number of halogens is 2. The zero-order valence-electron chi connectivity index (χ0n) is 9.69. The molecule has 1 aromatic carbocycles. The number of carboxylic acids is 1. The minimum absolute atomic E-state index is 0.0971. The Balaban J connectivity index is 2.81. The van der Waals surface area contributed by atoms with Crippen molar-refractivity contribution in [2.24, 2.45) is 0 Å². The van der Waals surface area contributed by atoms with E-state index >= 15 is 0 Å². The molecule has 0 atom stereocenters.